The number of nitrogens with zero attached hydrogens (tertiary/aromatic N) is 2. The van der Waals surface area contributed by atoms with Crippen LogP contribution >= 0.6 is 27.5 Å². The van der Waals surface area contributed by atoms with Crippen molar-refractivity contribution in [2.75, 3.05) is 24.6 Å². The first-order valence-corrected chi connectivity index (χ1v) is 12.6. The highest BCUT2D eigenvalue weighted by molar-refractivity contribution is 9.10. The van der Waals surface area contributed by atoms with Gasteiger partial charge >= 0.3 is 6.09 Å². The third-order valence-electron chi connectivity index (χ3n) is 5.46. The molecule has 1 saturated heterocycles. The topological polar surface area (TPSA) is 76.2 Å². The Morgan fingerprint density at radius 3 is 2.65 bits per heavy atom. The number of piperidine rings is 1. The lowest BCUT2D eigenvalue weighted by atomic mass is 10.0. The Morgan fingerprint density at radius 1 is 1.19 bits per heavy atom. The molecule has 2 aliphatic rings. The van der Waals surface area contributed by atoms with Crippen LogP contribution in [0.2, 0.25) is 5.02 Å². The van der Waals surface area contributed by atoms with E-state index >= 15 is 0 Å². The van der Waals surface area contributed by atoms with E-state index in [1.807, 2.05) is 13.0 Å². The number of fused-ring (bicyclic) bond motifs is 1. The van der Waals surface area contributed by atoms with Crippen LogP contribution < -0.4 is 9.64 Å². The maximum atomic E-state index is 13.3. The molecule has 166 valence electrons. The lowest BCUT2D eigenvalue weighted by molar-refractivity contribution is 0.136. The number of hydrogen-bond acceptors (Lipinski definition) is 5. The molecule has 10 heteroatoms. The molecular weight excluding hydrogens is 508 g/mol. The van der Waals surface area contributed by atoms with E-state index < -0.39 is 16.1 Å². The molecular formula is C21H22BrClN2O5S. The van der Waals surface area contributed by atoms with Gasteiger partial charge in [0.1, 0.15) is 17.3 Å². The van der Waals surface area contributed by atoms with Crippen molar-refractivity contribution in [1.29, 1.82) is 0 Å². The minimum absolute atomic E-state index is 0.138. The van der Waals surface area contributed by atoms with Gasteiger partial charge in [0, 0.05) is 34.2 Å². The van der Waals surface area contributed by atoms with Crippen molar-refractivity contribution < 1.29 is 22.7 Å². The smallest absolute Gasteiger partial charge is 0.414 e. The molecule has 0 aliphatic carbocycles. The zero-order valence-corrected chi connectivity index (χ0v) is 20.0. The molecule has 2 aromatic rings. The summed E-state index contributed by atoms with van der Waals surface area (Å²) in [4.78, 5) is 14.3. The van der Waals surface area contributed by atoms with Gasteiger partial charge in [-0.25, -0.2) is 13.2 Å². The van der Waals surface area contributed by atoms with Crippen molar-refractivity contribution in [3.8, 4) is 5.75 Å². The summed E-state index contributed by atoms with van der Waals surface area (Å²) in [7, 11) is -3.75. The molecule has 0 spiro atoms. The molecule has 0 saturated carbocycles. The molecule has 0 bridgehead atoms. The van der Waals surface area contributed by atoms with Gasteiger partial charge in [0.2, 0.25) is 10.0 Å². The molecule has 0 N–H and O–H groups in total. The summed E-state index contributed by atoms with van der Waals surface area (Å²) in [6.45, 7) is 2.94. The fraction of sp³-hybridized carbons (Fsp3) is 0.381. The number of hydrogen-bond donors (Lipinski definition) is 0. The normalized spacial score (nSPS) is 17.9. The molecule has 0 aromatic heterocycles. The molecule has 1 amide bonds. The fourth-order valence-electron chi connectivity index (χ4n) is 4.00. The van der Waals surface area contributed by atoms with Gasteiger partial charge in [-0.05, 0) is 56.2 Å². The predicted octanol–water partition coefficient (Wildman–Crippen LogP) is 4.81. The summed E-state index contributed by atoms with van der Waals surface area (Å²) < 4.78 is 39.6. The zero-order chi connectivity index (χ0) is 22.2. The second-order valence-corrected chi connectivity index (χ2v) is 10.6. The number of anilines is 1. The van der Waals surface area contributed by atoms with Crippen molar-refractivity contribution in [2.45, 2.75) is 37.3 Å². The lowest BCUT2D eigenvalue weighted by Gasteiger charge is -2.39. The molecule has 2 heterocycles. The number of carbonyl (C=O) groups is 1. The predicted molar refractivity (Wildman–Crippen MR) is 121 cm³/mol. The molecule has 7 nitrogen and oxygen atoms in total. The van der Waals surface area contributed by atoms with Crippen molar-refractivity contribution in [2.24, 2.45) is 0 Å². The summed E-state index contributed by atoms with van der Waals surface area (Å²) in [5.41, 5.74) is 1.62. The number of sulfonamides is 1. The summed E-state index contributed by atoms with van der Waals surface area (Å²) in [5.74, 6) is 0.332. The third kappa shape index (κ3) is 4.41. The first-order valence-electron chi connectivity index (χ1n) is 9.98. The zero-order valence-electron chi connectivity index (χ0n) is 16.9. The summed E-state index contributed by atoms with van der Waals surface area (Å²) >= 11 is 9.42. The first-order chi connectivity index (χ1) is 14.8. The van der Waals surface area contributed by atoms with Crippen molar-refractivity contribution in [1.82, 2.24) is 4.31 Å². The molecule has 1 fully saturated rings. The Kier molecular flexibility index (Phi) is 6.48. The van der Waals surface area contributed by atoms with Crippen molar-refractivity contribution in [3.05, 3.63) is 51.5 Å². The molecule has 2 aromatic carbocycles. The van der Waals surface area contributed by atoms with Crippen LogP contribution in [0.3, 0.4) is 0 Å². The summed E-state index contributed by atoms with van der Waals surface area (Å²) in [5, 5.41) is 0.580. The van der Waals surface area contributed by atoms with Crippen LogP contribution in [0.25, 0.3) is 0 Å². The van der Waals surface area contributed by atoms with E-state index in [0.29, 0.717) is 34.7 Å². The van der Waals surface area contributed by atoms with Crippen LogP contribution in [-0.4, -0.2) is 44.6 Å². The van der Waals surface area contributed by atoms with Crippen LogP contribution in [0.5, 0.6) is 5.75 Å². The Hall–Kier alpha value is -1.81. The molecule has 31 heavy (non-hydrogen) atoms. The minimum atomic E-state index is -3.75. The minimum Gasteiger partial charge on any atom is -0.492 e. The average Bonchev–Trinajstić information content (AvgIpc) is 2.75. The van der Waals surface area contributed by atoms with Crippen LogP contribution in [-0.2, 0) is 21.4 Å². The number of amides is 1. The number of carbonyl (C=O) groups excluding carboxylic acids is 1. The van der Waals surface area contributed by atoms with Gasteiger partial charge in [-0.15, -0.1) is 0 Å². The van der Waals surface area contributed by atoms with E-state index in [9.17, 15) is 13.2 Å². The SMILES string of the molecule is CCOc1ccc(Br)cc1S(=O)(=O)N1CCC(N2C(=O)OCc3cc(Cl)ccc32)CC1. The molecule has 4 rings (SSSR count). The van der Waals surface area contributed by atoms with Gasteiger partial charge in [-0.3, -0.25) is 4.90 Å². The van der Waals surface area contributed by atoms with Gasteiger partial charge in [-0.1, -0.05) is 27.5 Å². The van der Waals surface area contributed by atoms with Gasteiger partial charge in [0.15, 0.2) is 0 Å². The van der Waals surface area contributed by atoms with Gasteiger partial charge < -0.3 is 9.47 Å². The van der Waals surface area contributed by atoms with Gasteiger partial charge in [-0.2, -0.15) is 4.31 Å². The Balaban J connectivity index is 1.54. The summed E-state index contributed by atoms with van der Waals surface area (Å²) in [6, 6.07) is 10.2. The van der Waals surface area contributed by atoms with E-state index in [1.54, 1.807) is 35.2 Å². The number of rotatable bonds is 5. The Bertz CT molecular complexity index is 1100. The van der Waals surface area contributed by atoms with Crippen molar-refractivity contribution >= 4 is 49.3 Å². The Morgan fingerprint density at radius 2 is 1.94 bits per heavy atom. The second-order valence-electron chi connectivity index (χ2n) is 7.36. The number of cyclic esters (lactones) is 1. The largest absolute Gasteiger partial charge is 0.492 e. The number of benzene rings is 2. The van der Waals surface area contributed by atoms with E-state index in [2.05, 4.69) is 15.9 Å². The molecule has 0 unspecified atom stereocenters. The van der Waals surface area contributed by atoms with Crippen LogP contribution in [0.15, 0.2) is 45.8 Å². The van der Waals surface area contributed by atoms with Crippen LogP contribution in [0.1, 0.15) is 25.3 Å². The average molecular weight is 530 g/mol. The van der Waals surface area contributed by atoms with Crippen LogP contribution in [0.4, 0.5) is 10.5 Å². The van der Waals surface area contributed by atoms with Crippen LogP contribution in [0, 0.1) is 0 Å². The highest BCUT2D eigenvalue weighted by Crippen LogP contribution is 2.36. The fourth-order valence-corrected chi connectivity index (χ4v) is 6.33. The molecule has 2 aliphatic heterocycles. The third-order valence-corrected chi connectivity index (χ3v) is 8.11. The summed E-state index contributed by atoms with van der Waals surface area (Å²) in [6.07, 6.45) is 0.574. The van der Waals surface area contributed by atoms with E-state index in [1.165, 1.54) is 4.31 Å². The highest BCUT2D eigenvalue weighted by Gasteiger charge is 2.38. The lowest BCUT2D eigenvalue weighted by Crippen LogP contribution is -2.50. The van der Waals surface area contributed by atoms with E-state index in [0.717, 1.165) is 11.3 Å². The van der Waals surface area contributed by atoms with Gasteiger partial charge in [0.05, 0.1) is 12.3 Å². The second kappa shape index (κ2) is 8.97. The quantitative estimate of drug-likeness (QED) is 0.556. The van der Waals surface area contributed by atoms with Gasteiger partial charge in [0.25, 0.3) is 0 Å². The van der Waals surface area contributed by atoms with Crippen molar-refractivity contribution in [3.63, 3.8) is 0 Å². The molecule has 0 radical (unpaired) electrons. The maximum Gasteiger partial charge on any atom is 0.414 e. The molecule has 0 atom stereocenters. The number of ether oxygens (including phenoxy) is 2. The first kappa shape index (κ1) is 22.4. The Labute approximate surface area is 195 Å². The highest BCUT2D eigenvalue weighted by atomic mass is 79.9. The maximum absolute atomic E-state index is 13.3. The number of halogens is 2. The standard InChI is InChI=1S/C21H22BrClN2O5S/c1-2-29-19-6-3-15(22)12-20(19)31(27,28)24-9-7-17(8-10-24)25-18-5-4-16(23)11-14(18)13-30-21(25)26/h3-6,11-12,17H,2,7-10,13H2,1H3. The van der Waals surface area contributed by atoms with E-state index in [4.69, 9.17) is 21.1 Å². The monoisotopic (exact) mass is 528 g/mol. The van der Waals surface area contributed by atoms with E-state index in [-0.39, 0.29) is 30.6 Å².